The summed E-state index contributed by atoms with van der Waals surface area (Å²) in [5.41, 5.74) is 0.0829. The summed E-state index contributed by atoms with van der Waals surface area (Å²) in [4.78, 5) is 55.2. The van der Waals surface area contributed by atoms with Crippen molar-refractivity contribution in [2.24, 2.45) is 17.3 Å². The lowest BCUT2D eigenvalue weighted by Gasteiger charge is -2.46. The van der Waals surface area contributed by atoms with E-state index in [1.807, 2.05) is 23.9 Å². The predicted octanol–water partition coefficient (Wildman–Crippen LogP) is 5.74. The minimum Gasteiger partial charge on any atom is -0.448 e. The van der Waals surface area contributed by atoms with Crippen LogP contribution < -0.4 is 21.3 Å². The quantitative estimate of drug-likeness (QED) is 0.0321. The lowest BCUT2D eigenvalue weighted by molar-refractivity contribution is -0.0665. The maximum absolute atomic E-state index is 13.2. The van der Waals surface area contributed by atoms with Crippen molar-refractivity contribution in [3.8, 4) is 0 Å². The van der Waals surface area contributed by atoms with E-state index < -0.39 is 71.8 Å². The Kier molecular flexibility index (Phi) is 40.6. The number of amides is 4. The summed E-state index contributed by atoms with van der Waals surface area (Å²) in [6.45, 7) is 8.37. The monoisotopic (exact) mass is 1320 g/mol. The summed E-state index contributed by atoms with van der Waals surface area (Å²) in [5.74, 6) is 1.00. The highest BCUT2D eigenvalue weighted by Gasteiger charge is 2.43. The normalized spacial score (nSPS) is 18.7. The fourth-order valence-electron chi connectivity index (χ4n) is 11.2. The van der Waals surface area contributed by atoms with Crippen LogP contribution in [0.15, 0.2) is 0 Å². The second kappa shape index (κ2) is 44.0. The molecule has 2 fully saturated rings. The second-order valence-electron chi connectivity index (χ2n) is 22.6. The van der Waals surface area contributed by atoms with Gasteiger partial charge in [0.15, 0.2) is 0 Å². The Balaban J connectivity index is 1.97. The van der Waals surface area contributed by atoms with Gasteiger partial charge in [-0.1, -0.05) is 13.8 Å². The molecule has 4 amide bonds. The van der Waals surface area contributed by atoms with E-state index in [4.69, 9.17) is 81.5 Å². The molecule has 87 heavy (non-hydrogen) atoms. The second-order valence-corrected chi connectivity index (χ2v) is 35.0. The third-order valence-corrected chi connectivity index (χ3v) is 28.3. The summed E-state index contributed by atoms with van der Waals surface area (Å²) in [6.07, 6.45) is 6.56. The van der Waals surface area contributed by atoms with Crippen molar-refractivity contribution in [3.05, 3.63) is 0 Å². The van der Waals surface area contributed by atoms with Crippen LogP contribution in [0.1, 0.15) is 90.9 Å². The van der Waals surface area contributed by atoms with E-state index in [0.29, 0.717) is 114 Å². The highest BCUT2D eigenvalue weighted by atomic mass is 28.4. The summed E-state index contributed by atoms with van der Waals surface area (Å²) in [5, 5.41) is 11.2. The third kappa shape index (κ3) is 30.1. The molecule has 0 aromatic carbocycles. The van der Waals surface area contributed by atoms with Gasteiger partial charge in [-0.2, -0.15) is 0 Å². The number of alkyl carbamates (subject to hydrolysis) is 4. The molecule has 0 aromatic rings. The zero-order chi connectivity index (χ0) is 64.8. The van der Waals surface area contributed by atoms with Crippen LogP contribution in [0.4, 0.5) is 19.2 Å². The van der Waals surface area contributed by atoms with Crippen LogP contribution in [0.5, 0.6) is 0 Å². The van der Waals surface area contributed by atoms with Gasteiger partial charge in [0.25, 0.3) is 0 Å². The van der Waals surface area contributed by atoms with Gasteiger partial charge in [0, 0.05) is 162 Å². The van der Waals surface area contributed by atoms with Crippen LogP contribution in [-0.2, 0) is 81.5 Å². The molecule has 2 saturated carbocycles. The van der Waals surface area contributed by atoms with Crippen LogP contribution >= 0.6 is 0 Å². The molecule has 0 heterocycles. The Labute approximate surface area is 524 Å². The summed E-state index contributed by atoms with van der Waals surface area (Å²) >= 11 is 0. The number of ether oxygens (including phenoxy) is 6. The molecular weight excluding hydrogens is 1210 g/mol. The number of hydrogen-bond acceptors (Lipinski definition) is 24. The Hall–Kier alpha value is -2.69. The van der Waals surface area contributed by atoms with Gasteiger partial charge in [0.05, 0.1) is 25.4 Å². The summed E-state index contributed by atoms with van der Waals surface area (Å²) in [6, 6.07) is 2.12. The Morgan fingerprint density at radius 3 is 0.920 bits per heavy atom. The first-order chi connectivity index (χ1) is 41.6. The zero-order valence-electron chi connectivity index (χ0n) is 55.6. The average Bonchev–Trinajstić information content (AvgIpc) is 2.52. The third-order valence-electron chi connectivity index (χ3n) is 16.9. The van der Waals surface area contributed by atoms with Crippen LogP contribution in [0.3, 0.4) is 0 Å². The lowest BCUT2D eigenvalue weighted by atomic mass is 9.60. The Bertz CT molecular complexity index is 1690. The maximum Gasteiger partial charge on any atom is 0.500 e. The molecular formula is C55H114N6O22Si4. The highest BCUT2D eigenvalue weighted by Crippen LogP contribution is 2.49. The van der Waals surface area contributed by atoms with Crippen molar-refractivity contribution in [1.29, 1.82) is 0 Å². The minimum atomic E-state index is -2.80. The first-order valence-electron chi connectivity index (χ1n) is 30.5. The topological polar surface area (TPSA) is 289 Å². The van der Waals surface area contributed by atoms with Crippen molar-refractivity contribution in [1.82, 2.24) is 31.1 Å². The number of carbonyl (C=O) groups excluding carboxylic acids is 4. The van der Waals surface area contributed by atoms with Crippen LogP contribution in [0.2, 0.25) is 24.2 Å². The number of nitrogens with one attached hydrogen (secondary N) is 4. The summed E-state index contributed by atoms with van der Waals surface area (Å²) < 4.78 is 102. The molecule has 32 heteroatoms. The van der Waals surface area contributed by atoms with Gasteiger partial charge in [-0.25, -0.2) is 19.2 Å². The molecule has 0 spiro atoms. The lowest BCUT2D eigenvalue weighted by Crippen LogP contribution is -2.44. The van der Waals surface area contributed by atoms with Crippen molar-refractivity contribution >= 4 is 59.6 Å². The standard InChI is InChI=1S/C55H114N6O22Si4/c1-55(2,45-21-25-47(26-22-45)80-43-49(82-53(64)58-31-19-39-86(72-11,73-12)74-13)41-60(3)33-35-78-51(62)56-29-17-37-84(66-5,67-6)68-7)46-23-27-48(28-24-46)81-44-50(83-54(65)59-32-20-40-87(75-14,76-15)77-16)42-61(4)34-36-79-52(63)57-30-18-38-85(69-8,70-9)71-10/h45-50H,17-44H2,1-16H3,(H,56,62)(H,57,63)(H,58,64)(H,59,65). The fraction of sp³-hybridized carbons (Fsp3) is 0.927. The van der Waals surface area contributed by atoms with Crippen molar-refractivity contribution in [3.63, 3.8) is 0 Å². The van der Waals surface area contributed by atoms with Gasteiger partial charge in [0.2, 0.25) is 0 Å². The van der Waals surface area contributed by atoms with Crippen LogP contribution in [0, 0.1) is 17.3 Å². The average molecular weight is 1320 g/mol. The van der Waals surface area contributed by atoms with Gasteiger partial charge < -0.3 is 103 Å². The van der Waals surface area contributed by atoms with Crippen LogP contribution in [-0.4, -0.2) is 272 Å². The Morgan fingerprint density at radius 2 is 0.667 bits per heavy atom. The highest BCUT2D eigenvalue weighted by molar-refractivity contribution is 6.61. The van der Waals surface area contributed by atoms with E-state index in [1.54, 1.807) is 85.3 Å². The number of hydrogen-bond donors (Lipinski definition) is 4. The van der Waals surface area contributed by atoms with E-state index in [2.05, 4.69) is 35.1 Å². The Morgan fingerprint density at radius 1 is 0.414 bits per heavy atom. The molecule has 512 valence electrons. The molecule has 2 rings (SSSR count). The largest absolute Gasteiger partial charge is 0.500 e. The molecule has 2 atom stereocenters. The van der Waals surface area contributed by atoms with Crippen molar-refractivity contribution in [2.45, 2.75) is 139 Å². The number of carbonyl (C=O) groups is 4. The van der Waals surface area contributed by atoms with E-state index in [0.717, 1.165) is 51.4 Å². The van der Waals surface area contributed by atoms with Crippen molar-refractivity contribution in [2.75, 3.05) is 178 Å². The van der Waals surface area contributed by atoms with Crippen LogP contribution in [0.25, 0.3) is 0 Å². The molecule has 2 unspecified atom stereocenters. The molecule has 2 aliphatic rings. The number of likely N-dealkylation sites (N-methyl/N-ethyl adjacent to an activating group) is 2. The maximum atomic E-state index is 13.2. The SMILES string of the molecule is CO[Si](CCCNC(=O)OCCN(C)CC(COC1CCC(C(C)(C)C2CCC(OCC(CN(C)CCOC(=O)NCCC[Si](OC)(OC)OC)OC(=O)NCCC[Si](OC)(OC)OC)CC2)CC1)OC(=O)NCCC[Si](OC)(OC)OC)(OC)OC. The van der Waals surface area contributed by atoms with Gasteiger partial charge in [-0.3, -0.25) is 9.80 Å². The molecule has 0 aromatic heterocycles. The number of nitrogens with zero attached hydrogens (tertiary/aromatic N) is 2. The minimum absolute atomic E-state index is 0.0105. The van der Waals surface area contributed by atoms with Gasteiger partial charge in [-0.05, 0) is 108 Å². The van der Waals surface area contributed by atoms with E-state index in [1.165, 1.54) is 0 Å². The molecule has 0 aliphatic heterocycles. The molecule has 4 N–H and O–H groups in total. The van der Waals surface area contributed by atoms with Gasteiger partial charge in [-0.15, -0.1) is 0 Å². The zero-order valence-corrected chi connectivity index (χ0v) is 59.6. The molecule has 0 saturated heterocycles. The van der Waals surface area contributed by atoms with E-state index >= 15 is 0 Å². The first-order valence-corrected chi connectivity index (χ1v) is 38.3. The molecule has 0 radical (unpaired) electrons. The fourth-order valence-corrected chi connectivity index (χ4v) is 18.1. The van der Waals surface area contributed by atoms with Crippen molar-refractivity contribution < 1.29 is 101 Å². The van der Waals surface area contributed by atoms with Gasteiger partial charge >= 0.3 is 59.6 Å². The summed E-state index contributed by atoms with van der Waals surface area (Å²) in [7, 11) is 11.3. The molecule has 28 nitrogen and oxygen atoms in total. The van der Waals surface area contributed by atoms with E-state index in [9.17, 15) is 19.2 Å². The molecule has 2 aliphatic carbocycles. The molecule has 0 bridgehead atoms. The first kappa shape index (κ1) is 80.4. The van der Waals surface area contributed by atoms with Gasteiger partial charge in [0.1, 0.15) is 25.4 Å². The number of rotatable bonds is 48. The predicted molar refractivity (Wildman–Crippen MR) is 332 cm³/mol. The van der Waals surface area contributed by atoms with E-state index in [-0.39, 0.29) is 44.1 Å². The smallest absolute Gasteiger partial charge is 0.448 e.